The first-order valence-corrected chi connectivity index (χ1v) is 6.88. The molecule has 0 aromatic carbocycles. The van der Waals surface area contributed by atoms with E-state index in [1.165, 1.54) is 11.3 Å². The minimum Gasteiger partial charge on any atom is -0.320 e. The van der Waals surface area contributed by atoms with Crippen LogP contribution in [0.2, 0.25) is 0 Å². The van der Waals surface area contributed by atoms with E-state index in [9.17, 15) is 4.79 Å². The van der Waals surface area contributed by atoms with E-state index in [1.54, 1.807) is 15.9 Å². The summed E-state index contributed by atoms with van der Waals surface area (Å²) in [6.07, 6.45) is 0. The Bertz CT molecular complexity index is 625. The van der Waals surface area contributed by atoms with Gasteiger partial charge >= 0.3 is 4.87 Å². The van der Waals surface area contributed by atoms with Crippen LogP contribution >= 0.6 is 22.7 Å². The molecule has 3 nitrogen and oxygen atoms in total. The van der Waals surface area contributed by atoms with Crippen molar-refractivity contribution in [2.75, 3.05) is 6.54 Å². The van der Waals surface area contributed by atoms with E-state index in [-0.39, 0.29) is 4.87 Å². The van der Waals surface area contributed by atoms with Crippen LogP contribution in [0.5, 0.6) is 0 Å². The maximum absolute atomic E-state index is 11.6. The number of nitrogens with zero attached hydrogens (tertiary/aromatic N) is 1. The van der Waals surface area contributed by atoms with Crippen molar-refractivity contribution in [1.82, 2.24) is 4.57 Å². The molecule has 0 unspecified atom stereocenters. The van der Waals surface area contributed by atoms with Gasteiger partial charge in [-0.2, -0.15) is 0 Å². The lowest BCUT2D eigenvalue weighted by atomic mass is 10.3. The second-order valence-corrected chi connectivity index (χ2v) is 5.35. The maximum Gasteiger partial charge on any atom is 0.307 e. The van der Waals surface area contributed by atoms with Gasteiger partial charge in [-0.15, -0.1) is 11.3 Å². The Morgan fingerprint density at radius 3 is 2.88 bits per heavy atom. The summed E-state index contributed by atoms with van der Waals surface area (Å²) >= 11 is 2.86. The predicted octanol–water partition coefficient (Wildman–Crippen LogP) is 1.64. The van der Waals surface area contributed by atoms with Gasteiger partial charge in [-0.1, -0.05) is 23.2 Å². The van der Waals surface area contributed by atoms with Gasteiger partial charge in [-0.05, 0) is 13.0 Å². The van der Waals surface area contributed by atoms with Crippen LogP contribution in [0.25, 0.3) is 0 Å². The first kappa shape index (κ1) is 12.1. The van der Waals surface area contributed by atoms with Crippen molar-refractivity contribution >= 4 is 22.7 Å². The highest BCUT2D eigenvalue weighted by Gasteiger charge is 2.05. The summed E-state index contributed by atoms with van der Waals surface area (Å²) in [4.78, 5) is 12.8. The molecule has 88 valence electrons. The number of nitrogens with two attached hydrogens (primary N) is 1. The summed E-state index contributed by atoms with van der Waals surface area (Å²) in [6, 6.07) is 2.01. The Hall–Kier alpha value is -1.35. The highest BCUT2D eigenvalue weighted by Crippen LogP contribution is 2.15. The predicted molar refractivity (Wildman–Crippen MR) is 72.7 cm³/mol. The number of thiophene rings is 1. The molecule has 0 aliphatic carbocycles. The zero-order valence-electron chi connectivity index (χ0n) is 9.40. The largest absolute Gasteiger partial charge is 0.320 e. The molecule has 0 bridgehead atoms. The molecule has 2 rings (SSSR count). The maximum atomic E-state index is 11.6. The normalized spacial score (nSPS) is 10.0. The van der Waals surface area contributed by atoms with Crippen LogP contribution in [0.3, 0.4) is 0 Å². The highest BCUT2D eigenvalue weighted by molar-refractivity contribution is 7.10. The summed E-state index contributed by atoms with van der Waals surface area (Å²) in [5.41, 5.74) is 7.29. The van der Waals surface area contributed by atoms with Crippen molar-refractivity contribution in [2.45, 2.75) is 13.5 Å². The van der Waals surface area contributed by atoms with Crippen molar-refractivity contribution in [3.05, 3.63) is 42.6 Å². The molecule has 0 atom stereocenters. The summed E-state index contributed by atoms with van der Waals surface area (Å²) in [7, 11) is 0. The Morgan fingerprint density at radius 2 is 2.24 bits per heavy atom. The quantitative estimate of drug-likeness (QED) is 0.838. The number of aromatic nitrogens is 1. The molecule has 0 aliphatic heterocycles. The SMILES string of the molecule is Cc1csc(=O)n1Cc1cc(C#CCN)cs1. The molecule has 0 radical (unpaired) electrons. The molecule has 0 fully saturated rings. The van der Waals surface area contributed by atoms with Crippen molar-refractivity contribution in [3.8, 4) is 11.8 Å². The van der Waals surface area contributed by atoms with Gasteiger partial charge in [-0.25, -0.2) is 0 Å². The molecule has 2 aromatic heterocycles. The number of thiazole rings is 1. The van der Waals surface area contributed by atoms with Crippen LogP contribution < -0.4 is 10.6 Å². The monoisotopic (exact) mass is 264 g/mol. The highest BCUT2D eigenvalue weighted by atomic mass is 32.1. The Labute approximate surface area is 108 Å². The minimum absolute atomic E-state index is 0.0884. The molecule has 2 N–H and O–H groups in total. The zero-order chi connectivity index (χ0) is 12.3. The van der Waals surface area contributed by atoms with Crippen LogP contribution in [-0.2, 0) is 6.54 Å². The number of hydrogen-bond donors (Lipinski definition) is 1. The number of aryl methyl sites for hydroxylation is 1. The van der Waals surface area contributed by atoms with E-state index in [0.29, 0.717) is 13.1 Å². The molecule has 0 saturated heterocycles. The van der Waals surface area contributed by atoms with E-state index in [4.69, 9.17) is 5.73 Å². The van der Waals surface area contributed by atoms with Gasteiger partial charge in [0.2, 0.25) is 0 Å². The number of rotatable bonds is 2. The lowest BCUT2D eigenvalue weighted by Gasteiger charge is -2.00. The molecule has 5 heteroatoms. The van der Waals surface area contributed by atoms with Crippen molar-refractivity contribution in [3.63, 3.8) is 0 Å². The van der Waals surface area contributed by atoms with Crippen molar-refractivity contribution < 1.29 is 0 Å². The molecule has 0 amide bonds. The molecule has 0 saturated carbocycles. The van der Waals surface area contributed by atoms with E-state index >= 15 is 0 Å². The van der Waals surface area contributed by atoms with Gasteiger partial charge in [0, 0.05) is 26.9 Å². The molecule has 17 heavy (non-hydrogen) atoms. The third kappa shape index (κ3) is 2.86. The van der Waals surface area contributed by atoms with Gasteiger partial charge < -0.3 is 5.73 Å². The molecular formula is C12H12N2OS2. The lowest BCUT2D eigenvalue weighted by Crippen LogP contribution is -2.14. The fraction of sp³-hybridized carbons (Fsp3) is 0.250. The van der Waals surface area contributed by atoms with Crippen LogP contribution in [0.4, 0.5) is 0 Å². The van der Waals surface area contributed by atoms with Crippen LogP contribution in [0, 0.1) is 18.8 Å². The molecular weight excluding hydrogens is 252 g/mol. The average molecular weight is 264 g/mol. The van der Waals surface area contributed by atoms with Crippen LogP contribution in [0.1, 0.15) is 16.1 Å². The zero-order valence-corrected chi connectivity index (χ0v) is 11.0. The Morgan fingerprint density at radius 1 is 1.41 bits per heavy atom. The van der Waals surface area contributed by atoms with E-state index in [0.717, 1.165) is 16.1 Å². The lowest BCUT2D eigenvalue weighted by molar-refractivity contribution is 0.765. The first-order chi connectivity index (χ1) is 8.20. The Balaban J connectivity index is 2.20. The van der Waals surface area contributed by atoms with Gasteiger partial charge in [0.15, 0.2) is 0 Å². The number of hydrogen-bond acceptors (Lipinski definition) is 4. The first-order valence-electron chi connectivity index (χ1n) is 5.12. The van der Waals surface area contributed by atoms with Crippen molar-refractivity contribution in [1.29, 1.82) is 0 Å². The summed E-state index contributed by atoms with van der Waals surface area (Å²) in [5.74, 6) is 5.80. The summed E-state index contributed by atoms with van der Waals surface area (Å²) in [6.45, 7) is 2.94. The molecule has 2 heterocycles. The van der Waals surface area contributed by atoms with Crippen molar-refractivity contribution in [2.24, 2.45) is 5.73 Å². The Kier molecular flexibility index (Phi) is 3.79. The summed E-state index contributed by atoms with van der Waals surface area (Å²) in [5, 5.41) is 3.87. The summed E-state index contributed by atoms with van der Waals surface area (Å²) < 4.78 is 1.77. The smallest absolute Gasteiger partial charge is 0.307 e. The fourth-order valence-electron chi connectivity index (χ4n) is 1.43. The van der Waals surface area contributed by atoms with E-state index in [2.05, 4.69) is 11.8 Å². The minimum atomic E-state index is 0.0884. The third-order valence-electron chi connectivity index (χ3n) is 2.28. The third-order valence-corrected chi connectivity index (χ3v) is 4.08. The van der Waals surface area contributed by atoms with Crippen LogP contribution in [-0.4, -0.2) is 11.1 Å². The molecule has 2 aromatic rings. The van der Waals surface area contributed by atoms with Gasteiger partial charge in [0.25, 0.3) is 0 Å². The van der Waals surface area contributed by atoms with Gasteiger partial charge in [-0.3, -0.25) is 9.36 Å². The fourth-order valence-corrected chi connectivity index (χ4v) is 2.97. The van der Waals surface area contributed by atoms with Gasteiger partial charge in [0.05, 0.1) is 13.1 Å². The molecule has 0 aliphatic rings. The topological polar surface area (TPSA) is 48.0 Å². The van der Waals surface area contributed by atoms with E-state index < -0.39 is 0 Å². The second-order valence-electron chi connectivity index (χ2n) is 3.54. The van der Waals surface area contributed by atoms with E-state index in [1.807, 2.05) is 23.8 Å². The second kappa shape index (κ2) is 5.32. The van der Waals surface area contributed by atoms with Gasteiger partial charge in [0.1, 0.15) is 0 Å². The van der Waals surface area contributed by atoms with Crippen LogP contribution in [0.15, 0.2) is 21.6 Å². The molecule has 0 spiro atoms. The average Bonchev–Trinajstić information content (AvgIpc) is 2.88. The standard InChI is InChI=1S/C12H12N2OS2/c1-9-7-17-12(15)14(9)6-11-5-10(8-16-11)3-2-4-13/h5,7-8H,4,6,13H2,1H3.